The molecule has 3 aromatic rings. The first-order chi connectivity index (χ1) is 19.9. The number of carbonyl (C=O) groups excluding carboxylic acids is 1. The molecule has 0 unspecified atom stereocenters. The van der Waals surface area contributed by atoms with Crippen molar-refractivity contribution in [2.24, 2.45) is 0 Å². The van der Waals surface area contributed by atoms with Crippen LogP contribution in [0.2, 0.25) is 5.02 Å². The second-order valence-electron chi connectivity index (χ2n) is 10.6. The molecule has 2 aliphatic rings. The number of fused-ring (bicyclic) bond motifs is 1. The van der Waals surface area contributed by atoms with E-state index < -0.39 is 6.10 Å². The van der Waals surface area contributed by atoms with Crippen LogP contribution in [0.1, 0.15) is 53.6 Å². The third-order valence-corrected chi connectivity index (χ3v) is 7.71. The first kappa shape index (κ1) is 29.2. The van der Waals surface area contributed by atoms with Gasteiger partial charge in [0.25, 0.3) is 0 Å². The highest BCUT2D eigenvalue weighted by Crippen LogP contribution is 2.34. The Morgan fingerprint density at radius 3 is 2.93 bits per heavy atom. The van der Waals surface area contributed by atoms with E-state index in [1.54, 1.807) is 12.3 Å². The molecule has 0 aliphatic carbocycles. The van der Waals surface area contributed by atoms with E-state index >= 15 is 0 Å². The van der Waals surface area contributed by atoms with E-state index in [9.17, 15) is 9.90 Å². The van der Waals surface area contributed by atoms with E-state index in [0.717, 1.165) is 37.1 Å². The standard InChI is InChI=1S/C29H37ClN6O5/c1-3-9-35(2)29-33-24(11-27(34-29)32-20-15-39-16-20)25(38)6-5-21(37)14-36-10-8-23-19(13-36)4-7-26(28(23)30)40-17-22-12-31-18-41-22/h4,7,11-12,18,20-21,37H,3,5-6,8-10,13-17H2,1-2H3,(H,32,33,34)/t21-/m0/s1. The zero-order valence-electron chi connectivity index (χ0n) is 23.5. The minimum Gasteiger partial charge on any atom is -0.484 e. The number of hydrogen-bond donors (Lipinski definition) is 2. The molecule has 1 fully saturated rings. The third kappa shape index (κ3) is 7.53. The number of β-amino-alcohol motifs (C(OH)–C–C–N with tert-alkyl or cyclic N) is 1. The lowest BCUT2D eigenvalue weighted by Crippen LogP contribution is -2.40. The average molecular weight is 585 g/mol. The predicted molar refractivity (Wildman–Crippen MR) is 155 cm³/mol. The number of carbonyl (C=O) groups is 1. The summed E-state index contributed by atoms with van der Waals surface area (Å²) in [5, 5.41) is 14.7. The van der Waals surface area contributed by atoms with Gasteiger partial charge in [0.1, 0.15) is 23.9 Å². The lowest BCUT2D eigenvalue weighted by molar-refractivity contribution is 0.0209. The summed E-state index contributed by atoms with van der Waals surface area (Å²) < 4.78 is 16.3. The van der Waals surface area contributed by atoms with Crippen LogP contribution in [0.25, 0.3) is 0 Å². The Morgan fingerprint density at radius 2 is 2.20 bits per heavy atom. The molecular weight excluding hydrogens is 548 g/mol. The summed E-state index contributed by atoms with van der Waals surface area (Å²) in [6.45, 7) is 6.25. The number of benzene rings is 1. The van der Waals surface area contributed by atoms with Gasteiger partial charge in [-0.25, -0.2) is 9.97 Å². The fraction of sp³-hybridized carbons (Fsp3) is 0.517. The van der Waals surface area contributed by atoms with Crippen LogP contribution in [0.15, 0.2) is 35.2 Å². The molecule has 5 rings (SSSR count). The Bertz CT molecular complexity index is 1320. The van der Waals surface area contributed by atoms with Crippen molar-refractivity contribution in [3.8, 4) is 5.75 Å². The van der Waals surface area contributed by atoms with Crippen LogP contribution in [0.4, 0.5) is 11.8 Å². The fourth-order valence-electron chi connectivity index (χ4n) is 4.98. The molecule has 1 aromatic carbocycles. The second kappa shape index (κ2) is 13.6. The van der Waals surface area contributed by atoms with Gasteiger partial charge >= 0.3 is 0 Å². The number of ether oxygens (including phenoxy) is 2. The van der Waals surface area contributed by atoms with E-state index in [2.05, 4.69) is 32.1 Å². The molecule has 12 heteroatoms. The van der Waals surface area contributed by atoms with Crippen molar-refractivity contribution in [3.63, 3.8) is 0 Å². The smallest absolute Gasteiger partial charge is 0.227 e. The minimum atomic E-state index is -0.644. The number of Topliss-reactive ketones (excluding diaryl/α,β-unsaturated/α-hetero) is 1. The number of halogens is 1. The van der Waals surface area contributed by atoms with Gasteiger partial charge in [0, 0.05) is 45.7 Å². The molecule has 1 atom stereocenters. The van der Waals surface area contributed by atoms with E-state index in [-0.39, 0.29) is 24.9 Å². The summed E-state index contributed by atoms with van der Waals surface area (Å²) in [6.07, 6.45) is 4.57. The molecule has 0 amide bonds. The molecule has 0 saturated carbocycles. The molecule has 2 N–H and O–H groups in total. The van der Waals surface area contributed by atoms with E-state index in [4.69, 9.17) is 25.5 Å². The summed E-state index contributed by atoms with van der Waals surface area (Å²) in [7, 11) is 1.92. The van der Waals surface area contributed by atoms with Gasteiger partial charge < -0.3 is 29.2 Å². The third-order valence-electron chi connectivity index (χ3n) is 7.29. The van der Waals surface area contributed by atoms with Crippen molar-refractivity contribution < 1.29 is 23.8 Å². The number of nitrogens with zero attached hydrogens (tertiary/aromatic N) is 5. The maximum Gasteiger partial charge on any atom is 0.227 e. The molecule has 2 aromatic heterocycles. The minimum absolute atomic E-state index is 0.112. The Labute approximate surface area is 244 Å². The van der Waals surface area contributed by atoms with Crippen molar-refractivity contribution in [2.75, 3.05) is 50.1 Å². The Balaban J connectivity index is 1.14. The molecule has 4 heterocycles. The summed E-state index contributed by atoms with van der Waals surface area (Å²) in [4.78, 5) is 30.3. The molecule has 0 radical (unpaired) electrons. The van der Waals surface area contributed by atoms with Gasteiger partial charge in [-0.3, -0.25) is 9.69 Å². The van der Waals surface area contributed by atoms with Crippen LogP contribution in [-0.4, -0.2) is 82.8 Å². The van der Waals surface area contributed by atoms with Crippen LogP contribution in [0.3, 0.4) is 0 Å². The van der Waals surface area contributed by atoms with Crippen molar-refractivity contribution in [1.29, 1.82) is 0 Å². The van der Waals surface area contributed by atoms with Gasteiger partial charge in [0.15, 0.2) is 17.9 Å². The first-order valence-electron chi connectivity index (χ1n) is 14.1. The lowest BCUT2D eigenvalue weighted by atomic mass is 9.98. The molecule has 41 heavy (non-hydrogen) atoms. The number of hydrogen-bond acceptors (Lipinski definition) is 11. The lowest BCUT2D eigenvalue weighted by Gasteiger charge is -2.31. The molecule has 11 nitrogen and oxygen atoms in total. The highest BCUT2D eigenvalue weighted by Gasteiger charge is 2.24. The fourth-order valence-corrected chi connectivity index (χ4v) is 5.31. The number of rotatable bonds is 14. The van der Waals surface area contributed by atoms with E-state index in [0.29, 0.717) is 66.7 Å². The summed E-state index contributed by atoms with van der Waals surface area (Å²) in [5.74, 6) is 2.26. The van der Waals surface area contributed by atoms with Crippen molar-refractivity contribution >= 4 is 29.2 Å². The first-order valence-corrected chi connectivity index (χ1v) is 14.5. The van der Waals surface area contributed by atoms with Crippen LogP contribution in [0, 0.1) is 0 Å². The molecule has 0 bridgehead atoms. The number of nitrogens with one attached hydrogen (secondary N) is 1. The topological polar surface area (TPSA) is 126 Å². The van der Waals surface area contributed by atoms with Crippen molar-refractivity contribution in [1.82, 2.24) is 19.9 Å². The highest BCUT2D eigenvalue weighted by molar-refractivity contribution is 6.33. The molecule has 2 aliphatic heterocycles. The number of ketones is 1. The quantitative estimate of drug-likeness (QED) is 0.269. The summed E-state index contributed by atoms with van der Waals surface area (Å²) >= 11 is 6.66. The van der Waals surface area contributed by atoms with Gasteiger partial charge in [-0.1, -0.05) is 24.6 Å². The van der Waals surface area contributed by atoms with Crippen LogP contribution < -0.4 is 15.0 Å². The van der Waals surface area contributed by atoms with Crippen LogP contribution >= 0.6 is 11.6 Å². The maximum atomic E-state index is 13.1. The van der Waals surface area contributed by atoms with Gasteiger partial charge in [-0.15, -0.1) is 0 Å². The zero-order chi connectivity index (χ0) is 28.8. The Kier molecular flexibility index (Phi) is 9.71. The van der Waals surface area contributed by atoms with Crippen LogP contribution in [-0.2, 0) is 24.3 Å². The number of aliphatic hydroxyl groups is 1. The number of aromatic nitrogens is 3. The summed E-state index contributed by atoms with van der Waals surface area (Å²) in [6, 6.07) is 5.76. The van der Waals surface area contributed by atoms with E-state index in [1.165, 1.54) is 6.39 Å². The monoisotopic (exact) mass is 584 g/mol. The number of oxazole rings is 1. The Hall–Kier alpha value is -3.25. The Morgan fingerprint density at radius 1 is 1.34 bits per heavy atom. The SMILES string of the molecule is CCCN(C)c1nc(NC2COC2)cc(C(=O)CC[C@H](O)CN2CCc3c(ccc(OCc4cnco4)c3Cl)C2)n1. The summed E-state index contributed by atoms with van der Waals surface area (Å²) in [5.41, 5.74) is 2.53. The number of aliphatic hydroxyl groups excluding tert-OH is 1. The number of anilines is 2. The normalized spacial score (nSPS) is 16.1. The van der Waals surface area contributed by atoms with Gasteiger partial charge in [-0.2, -0.15) is 4.98 Å². The van der Waals surface area contributed by atoms with Crippen molar-refractivity contribution in [3.05, 3.63) is 58.4 Å². The molecule has 220 valence electrons. The van der Waals surface area contributed by atoms with Gasteiger partial charge in [-0.05, 0) is 36.5 Å². The second-order valence-corrected chi connectivity index (χ2v) is 11.0. The maximum absolute atomic E-state index is 13.1. The molecular formula is C29H37ClN6O5. The molecule has 1 saturated heterocycles. The van der Waals surface area contributed by atoms with E-state index in [1.807, 2.05) is 24.1 Å². The van der Waals surface area contributed by atoms with Gasteiger partial charge in [0.05, 0.1) is 36.6 Å². The van der Waals surface area contributed by atoms with Gasteiger partial charge in [0.2, 0.25) is 5.95 Å². The molecule has 0 spiro atoms. The predicted octanol–water partition coefficient (Wildman–Crippen LogP) is 3.74. The average Bonchev–Trinajstić information content (AvgIpc) is 3.47. The van der Waals surface area contributed by atoms with Crippen molar-refractivity contribution in [2.45, 2.75) is 57.9 Å². The zero-order valence-corrected chi connectivity index (χ0v) is 24.3. The largest absolute Gasteiger partial charge is 0.484 e. The highest BCUT2D eigenvalue weighted by atomic mass is 35.5. The van der Waals surface area contributed by atoms with Crippen LogP contribution in [0.5, 0.6) is 5.75 Å².